The maximum atomic E-state index is 10.7. The highest BCUT2D eigenvalue weighted by Crippen LogP contribution is 2.32. The highest BCUT2D eigenvalue weighted by molar-refractivity contribution is 5.01. The van der Waals surface area contributed by atoms with Crippen LogP contribution in [0, 0.1) is 0 Å². The van der Waals surface area contributed by atoms with Crippen LogP contribution in [-0.2, 0) is 18.9 Å². The smallest absolute Gasteiger partial charge is 0.187 e. The standard InChI is InChI=1S/C18H36N4O10/c1-4(23)14-12(27)11(26)8(22)17(30-14)31-15-6(21)2-5(20)9(24)16(15)32-18-13(28)10(25)7(3-19)29-18/h4-18,23-28H,2-3,19-22H2,1H3/t4-,5+,6-,7+,8+,9-,10+,11+,12-,13+,14+,15+,16+,17+,18-/m0/s1. The Balaban J connectivity index is 1.79. The second-order valence-corrected chi connectivity index (χ2v) is 8.78. The maximum Gasteiger partial charge on any atom is 0.187 e. The van der Waals surface area contributed by atoms with Gasteiger partial charge < -0.3 is 72.5 Å². The number of aliphatic hydroxyl groups excluding tert-OH is 6. The van der Waals surface area contributed by atoms with Crippen molar-refractivity contribution >= 4 is 0 Å². The van der Waals surface area contributed by atoms with Crippen LogP contribution >= 0.6 is 0 Å². The van der Waals surface area contributed by atoms with Crippen molar-refractivity contribution in [2.24, 2.45) is 22.9 Å². The first-order valence-corrected chi connectivity index (χ1v) is 10.6. The molecule has 32 heavy (non-hydrogen) atoms. The largest absolute Gasteiger partial charge is 0.391 e. The molecule has 2 saturated heterocycles. The van der Waals surface area contributed by atoms with Crippen LogP contribution in [0.1, 0.15) is 13.3 Å². The molecular weight excluding hydrogens is 432 g/mol. The summed E-state index contributed by atoms with van der Waals surface area (Å²) in [5, 5.41) is 61.2. The molecule has 3 fully saturated rings. The molecule has 0 radical (unpaired) electrons. The number of rotatable bonds is 6. The molecule has 0 aromatic rings. The lowest BCUT2D eigenvalue weighted by Crippen LogP contribution is -2.68. The Morgan fingerprint density at radius 3 is 2.00 bits per heavy atom. The Morgan fingerprint density at radius 1 is 0.812 bits per heavy atom. The lowest BCUT2D eigenvalue weighted by molar-refractivity contribution is -0.315. The molecule has 0 aromatic carbocycles. The highest BCUT2D eigenvalue weighted by atomic mass is 16.7. The molecule has 188 valence electrons. The van der Waals surface area contributed by atoms with Crippen LogP contribution in [0.4, 0.5) is 0 Å². The minimum absolute atomic E-state index is 0.0734. The molecule has 0 amide bonds. The molecule has 15 atom stereocenters. The molecule has 14 N–H and O–H groups in total. The maximum absolute atomic E-state index is 10.7. The molecule has 1 aliphatic carbocycles. The topological polar surface area (TPSA) is 262 Å². The molecule has 3 rings (SSSR count). The monoisotopic (exact) mass is 468 g/mol. The number of nitrogens with two attached hydrogens (primary N) is 4. The fourth-order valence-corrected chi connectivity index (χ4v) is 4.37. The normalized spacial score (nSPS) is 53.3. The van der Waals surface area contributed by atoms with E-state index < -0.39 is 91.7 Å². The molecule has 0 unspecified atom stereocenters. The predicted octanol–water partition coefficient (Wildman–Crippen LogP) is -6.26. The Hall–Kier alpha value is -0.560. The summed E-state index contributed by atoms with van der Waals surface area (Å²) in [7, 11) is 0. The van der Waals surface area contributed by atoms with E-state index in [9.17, 15) is 30.6 Å². The van der Waals surface area contributed by atoms with Crippen molar-refractivity contribution in [2.45, 2.75) is 105 Å². The van der Waals surface area contributed by atoms with Crippen molar-refractivity contribution in [1.29, 1.82) is 0 Å². The van der Waals surface area contributed by atoms with Crippen LogP contribution in [0.3, 0.4) is 0 Å². The van der Waals surface area contributed by atoms with Crippen LogP contribution in [-0.4, -0.2) is 129 Å². The zero-order valence-electron chi connectivity index (χ0n) is 17.7. The van der Waals surface area contributed by atoms with E-state index in [4.69, 9.17) is 41.9 Å². The lowest BCUT2D eigenvalue weighted by atomic mass is 9.84. The van der Waals surface area contributed by atoms with Crippen molar-refractivity contribution in [2.75, 3.05) is 6.54 Å². The Morgan fingerprint density at radius 2 is 1.44 bits per heavy atom. The van der Waals surface area contributed by atoms with Crippen LogP contribution < -0.4 is 22.9 Å². The van der Waals surface area contributed by atoms with Gasteiger partial charge in [-0.1, -0.05) is 0 Å². The van der Waals surface area contributed by atoms with Gasteiger partial charge in [-0.2, -0.15) is 0 Å². The Kier molecular flexibility index (Phi) is 8.44. The number of hydrogen-bond donors (Lipinski definition) is 10. The molecule has 1 saturated carbocycles. The molecule has 3 aliphatic rings. The van der Waals surface area contributed by atoms with Gasteiger partial charge in [-0.15, -0.1) is 0 Å². The van der Waals surface area contributed by atoms with Gasteiger partial charge in [0.15, 0.2) is 12.6 Å². The van der Waals surface area contributed by atoms with Gasteiger partial charge in [0.1, 0.15) is 48.8 Å². The fourth-order valence-electron chi connectivity index (χ4n) is 4.37. The minimum atomic E-state index is -1.47. The van der Waals surface area contributed by atoms with Crippen molar-refractivity contribution in [3.05, 3.63) is 0 Å². The van der Waals surface area contributed by atoms with E-state index in [-0.39, 0.29) is 13.0 Å². The second-order valence-electron chi connectivity index (χ2n) is 8.78. The average Bonchev–Trinajstić information content (AvgIpc) is 3.01. The summed E-state index contributed by atoms with van der Waals surface area (Å²) < 4.78 is 22.7. The van der Waals surface area contributed by atoms with E-state index in [2.05, 4.69) is 0 Å². The summed E-state index contributed by atoms with van der Waals surface area (Å²) >= 11 is 0. The van der Waals surface area contributed by atoms with Gasteiger partial charge >= 0.3 is 0 Å². The third-order valence-electron chi connectivity index (χ3n) is 6.36. The van der Waals surface area contributed by atoms with E-state index in [1.54, 1.807) is 0 Å². The summed E-state index contributed by atoms with van der Waals surface area (Å²) in [6, 6.07) is -2.78. The van der Waals surface area contributed by atoms with Gasteiger partial charge in [0.05, 0.1) is 18.2 Å². The molecule has 14 heteroatoms. The minimum Gasteiger partial charge on any atom is -0.391 e. The Bertz CT molecular complexity index is 620. The Labute approximate surface area is 185 Å². The van der Waals surface area contributed by atoms with E-state index in [0.29, 0.717) is 0 Å². The molecule has 2 heterocycles. The summed E-state index contributed by atoms with van der Waals surface area (Å²) in [6.07, 6.45) is -15.1. The lowest BCUT2D eigenvalue weighted by Gasteiger charge is -2.47. The van der Waals surface area contributed by atoms with E-state index >= 15 is 0 Å². The van der Waals surface area contributed by atoms with Crippen molar-refractivity contribution in [3.8, 4) is 0 Å². The van der Waals surface area contributed by atoms with Gasteiger partial charge in [-0.3, -0.25) is 0 Å². The van der Waals surface area contributed by atoms with E-state index in [0.717, 1.165) is 0 Å². The molecule has 0 spiro atoms. The number of hydrogen-bond acceptors (Lipinski definition) is 14. The molecule has 0 bridgehead atoms. The van der Waals surface area contributed by atoms with E-state index in [1.165, 1.54) is 6.92 Å². The second kappa shape index (κ2) is 10.4. The van der Waals surface area contributed by atoms with Gasteiger partial charge in [-0.25, -0.2) is 0 Å². The third kappa shape index (κ3) is 4.94. The quantitative estimate of drug-likeness (QED) is 0.174. The van der Waals surface area contributed by atoms with Crippen LogP contribution in [0.2, 0.25) is 0 Å². The van der Waals surface area contributed by atoms with Gasteiger partial charge in [0.25, 0.3) is 0 Å². The van der Waals surface area contributed by atoms with Gasteiger partial charge in [0, 0.05) is 18.6 Å². The van der Waals surface area contributed by atoms with Gasteiger partial charge in [-0.05, 0) is 13.3 Å². The molecule has 0 aromatic heterocycles. The van der Waals surface area contributed by atoms with E-state index in [1.807, 2.05) is 0 Å². The van der Waals surface area contributed by atoms with Crippen molar-refractivity contribution in [1.82, 2.24) is 0 Å². The first-order chi connectivity index (χ1) is 15.0. The molecule has 14 nitrogen and oxygen atoms in total. The predicted molar refractivity (Wildman–Crippen MR) is 106 cm³/mol. The zero-order chi connectivity index (χ0) is 23.9. The molecular formula is C18H36N4O10. The first-order valence-electron chi connectivity index (χ1n) is 10.6. The summed E-state index contributed by atoms with van der Waals surface area (Å²) in [5.41, 5.74) is 23.7. The summed E-state index contributed by atoms with van der Waals surface area (Å²) in [4.78, 5) is 0. The zero-order valence-corrected chi connectivity index (χ0v) is 17.7. The van der Waals surface area contributed by atoms with Crippen LogP contribution in [0.5, 0.6) is 0 Å². The molecule has 2 aliphatic heterocycles. The number of ether oxygens (including phenoxy) is 4. The van der Waals surface area contributed by atoms with Crippen LogP contribution in [0.15, 0.2) is 0 Å². The van der Waals surface area contributed by atoms with Crippen molar-refractivity contribution < 1.29 is 49.6 Å². The summed E-state index contributed by atoms with van der Waals surface area (Å²) in [5.74, 6) is 0. The number of aliphatic hydroxyl groups is 6. The van der Waals surface area contributed by atoms with Crippen molar-refractivity contribution in [3.63, 3.8) is 0 Å². The third-order valence-corrected chi connectivity index (χ3v) is 6.36. The SMILES string of the molecule is C[C@H](O)[C@H]1O[C@H](O[C@H]2[C@H](O[C@@H]3O[C@H](CN)[C@@H](O)[C@H]3O)[C@@H](O)[C@H](N)C[C@@H]2N)[C@H](N)[C@@H](O)[C@@H]1O. The van der Waals surface area contributed by atoms with Crippen LogP contribution in [0.25, 0.3) is 0 Å². The average molecular weight is 469 g/mol. The highest BCUT2D eigenvalue weighted by Gasteiger charge is 2.52. The van der Waals surface area contributed by atoms with Gasteiger partial charge in [0.2, 0.25) is 0 Å². The fraction of sp³-hybridized carbons (Fsp3) is 1.00. The first kappa shape index (κ1) is 26.1. The summed E-state index contributed by atoms with van der Waals surface area (Å²) in [6.45, 7) is 1.30.